The zero-order chi connectivity index (χ0) is 15.0. The molecule has 4 atom stereocenters. The summed E-state index contributed by atoms with van der Waals surface area (Å²) in [5.74, 6) is 2.41. The van der Waals surface area contributed by atoms with Gasteiger partial charge in [0.2, 0.25) is 0 Å². The summed E-state index contributed by atoms with van der Waals surface area (Å²) in [4.78, 5) is 12.6. The molecule has 0 spiro atoms. The van der Waals surface area contributed by atoms with E-state index in [4.69, 9.17) is 0 Å². The first-order valence-electron chi connectivity index (χ1n) is 8.22. The number of amides is 1. The largest absolute Gasteiger partial charge is 0.349 e. The highest BCUT2D eigenvalue weighted by Crippen LogP contribution is 2.49. The van der Waals surface area contributed by atoms with E-state index in [-0.39, 0.29) is 11.9 Å². The van der Waals surface area contributed by atoms with Crippen LogP contribution in [0.15, 0.2) is 6.07 Å². The van der Waals surface area contributed by atoms with Gasteiger partial charge in [0.05, 0.1) is 17.0 Å². The van der Waals surface area contributed by atoms with Gasteiger partial charge in [-0.05, 0) is 63.4 Å². The van der Waals surface area contributed by atoms with Crippen LogP contribution in [0.25, 0.3) is 0 Å². The minimum absolute atomic E-state index is 0.0140. The van der Waals surface area contributed by atoms with Gasteiger partial charge in [-0.3, -0.25) is 4.79 Å². The van der Waals surface area contributed by atoms with Crippen LogP contribution < -0.4 is 5.32 Å². The fraction of sp³-hybridized carbons (Fsp3) is 0.706. The van der Waals surface area contributed by atoms with Crippen molar-refractivity contribution in [2.45, 2.75) is 58.9 Å². The standard InChI is InChI=1S/C17H25N3O/c1-4-16-15(7-10(2)19-20-16)17(21)18-11(3)14-9-12-5-6-13(14)8-12/h7,11-14H,4-6,8-9H2,1-3H3,(H,18,21). The summed E-state index contributed by atoms with van der Waals surface area (Å²) < 4.78 is 0. The van der Waals surface area contributed by atoms with E-state index in [9.17, 15) is 4.79 Å². The number of carbonyl (C=O) groups excluding carboxylic acids is 1. The smallest absolute Gasteiger partial charge is 0.253 e. The molecule has 1 heterocycles. The minimum Gasteiger partial charge on any atom is -0.349 e. The number of hydrogen-bond donors (Lipinski definition) is 1. The molecule has 4 nitrogen and oxygen atoms in total. The van der Waals surface area contributed by atoms with Crippen molar-refractivity contribution in [2.24, 2.45) is 17.8 Å². The third-order valence-corrected chi connectivity index (χ3v) is 5.37. The summed E-state index contributed by atoms with van der Waals surface area (Å²) in [5.41, 5.74) is 2.28. The van der Waals surface area contributed by atoms with Gasteiger partial charge >= 0.3 is 0 Å². The van der Waals surface area contributed by atoms with Crippen LogP contribution in [-0.2, 0) is 6.42 Å². The molecule has 114 valence electrons. The van der Waals surface area contributed by atoms with Crippen molar-refractivity contribution in [3.63, 3.8) is 0 Å². The van der Waals surface area contributed by atoms with Crippen LogP contribution in [-0.4, -0.2) is 22.1 Å². The van der Waals surface area contributed by atoms with Crippen molar-refractivity contribution < 1.29 is 4.79 Å². The lowest BCUT2D eigenvalue weighted by Gasteiger charge is -2.28. The van der Waals surface area contributed by atoms with E-state index < -0.39 is 0 Å². The van der Waals surface area contributed by atoms with Crippen molar-refractivity contribution in [2.75, 3.05) is 0 Å². The van der Waals surface area contributed by atoms with Crippen LogP contribution in [0.1, 0.15) is 61.3 Å². The molecule has 2 aliphatic carbocycles. The van der Waals surface area contributed by atoms with Crippen LogP contribution in [0.4, 0.5) is 0 Å². The SMILES string of the molecule is CCc1nnc(C)cc1C(=O)NC(C)C1CC2CCC1C2. The van der Waals surface area contributed by atoms with Gasteiger partial charge < -0.3 is 5.32 Å². The first-order valence-corrected chi connectivity index (χ1v) is 8.22. The third kappa shape index (κ3) is 2.81. The van der Waals surface area contributed by atoms with Crippen molar-refractivity contribution >= 4 is 5.91 Å². The summed E-state index contributed by atoms with van der Waals surface area (Å²) in [6.07, 6.45) is 6.15. The maximum Gasteiger partial charge on any atom is 0.253 e. The van der Waals surface area contributed by atoms with E-state index in [1.807, 2.05) is 19.9 Å². The molecule has 0 saturated heterocycles. The quantitative estimate of drug-likeness (QED) is 0.926. The lowest BCUT2D eigenvalue weighted by molar-refractivity contribution is 0.0913. The Labute approximate surface area is 126 Å². The molecule has 2 bridgehead atoms. The summed E-state index contributed by atoms with van der Waals surface area (Å²) in [6.45, 7) is 6.05. The average Bonchev–Trinajstić information content (AvgIpc) is 3.09. The van der Waals surface area contributed by atoms with E-state index in [0.717, 1.165) is 29.6 Å². The minimum atomic E-state index is 0.0140. The van der Waals surface area contributed by atoms with Crippen molar-refractivity contribution in [1.29, 1.82) is 0 Å². The monoisotopic (exact) mass is 287 g/mol. The fourth-order valence-corrected chi connectivity index (χ4v) is 4.27. The summed E-state index contributed by atoms with van der Waals surface area (Å²) >= 11 is 0. The van der Waals surface area contributed by atoms with Crippen molar-refractivity contribution in [1.82, 2.24) is 15.5 Å². The topological polar surface area (TPSA) is 54.9 Å². The Morgan fingerprint density at radius 1 is 1.38 bits per heavy atom. The van der Waals surface area contributed by atoms with Gasteiger partial charge in [-0.2, -0.15) is 10.2 Å². The van der Waals surface area contributed by atoms with E-state index in [1.165, 1.54) is 25.7 Å². The highest BCUT2D eigenvalue weighted by atomic mass is 16.1. The lowest BCUT2D eigenvalue weighted by Crippen LogP contribution is -2.40. The second-order valence-electron chi connectivity index (χ2n) is 6.80. The van der Waals surface area contributed by atoms with Crippen LogP contribution in [0.5, 0.6) is 0 Å². The van der Waals surface area contributed by atoms with Crippen LogP contribution in [0.3, 0.4) is 0 Å². The molecule has 4 heteroatoms. The first-order chi connectivity index (χ1) is 10.1. The number of aromatic nitrogens is 2. The molecule has 1 amide bonds. The van der Waals surface area contributed by atoms with Gasteiger partial charge in [0.15, 0.2) is 0 Å². The third-order valence-electron chi connectivity index (χ3n) is 5.37. The number of rotatable bonds is 4. The first kappa shape index (κ1) is 14.5. The number of hydrogen-bond acceptors (Lipinski definition) is 3. The molecule has 1 aromatic heterocycles. The van der Waals surface area contributed by atoms with E-state index in [1.54, 1.807) is 0 Å². The Hall–Kier alpha value is -1.45. The number of carbonyl (C=O) groups is 1. The second-order valence-corrected chi connectivity index (χ2v) is 6.80. The Bertz CT molecular complexity index is 543. The predicted molar refractivity (Wildman–Crippen MR) is 82.0 cm³/mol. The van der Waals surface area contributed by atoms with E-state index in [0.29, 0.717) is 11.5 Å². The van der Waals surface area contributed by atoms with Gasteiger partial charge in [0, 0.05) is 6.04 Å². The number of nitrogens with zero attached hydrogens (tertiary/aromatic N) is 2. The molecule has 0 aromatic carbocycles. The highest BCUT2D eigenvalue weighted by Gasteiger charge is 2.42. The van der Waals surface area contributed by atoms with E-state index >= 15 is 0 Å². The summed E-state index contributed by atoms with van der Waals surface area (Å²) in [7, 11) is 0. The Morgan fingerprint density at radius 2 is 2.19 bits per heavy atom. The number of aryl methyl sites for hydroxylation is 2. The van der Waals surface area contributed by atoms with Gasteiger partial charge in [-0.1, -0.05) is 13.3 Å². The zero-order valence-corrected chi connectivity index (χ0v) is 13.2. The Morgan fingerprint density at radius 3 is 2.81 bits per heavy atom. The second kappa shape index (κ2) is 5.74. The lowest BCUT2D eigenvalue weighted by atomic mass is 9.84. The Kier molecular flexibility index (Phi) is 3.96. The zero-order valence-electron chi connectivity index (χ0n) is 13.2. The van der Waals surface area contributed by atoms with Gasteiger partial charge in [0.25, 0.3) is 5.91 Å². The Balaban J connectivity index is 1.70. The summed E-state index contributed by atoms with van der Waals surface area (Å²) in [5, 5.41) is 11.4. The highest BCUT2D eigenvalue weighted by molar-refractivity contribution is 5.95. The maximum absolute atomic E-state index is 12.6. The van der Waals surface area contributed by atoms with Crippen molar-refractivity contribution in [3.05, 3.63) is 23.0 Å². The molecule has 0 radical (unpaired) electrons. The normalized spacial score (nSPS) is 28.6. The molecule has 1 N–H and O–H groups in total. The maximum atomic E-state index is 12.6. The molecule has 21 heavy (non-hydrogen) atoms. The molecule has 2 fully saturated rings. The molecule has 4 unspecified atom stereocenters. The predicted octanol–water partition coefficient (Wildman–Crippen LogP) is 2.90. The fourth-order valence-electron chi connectivity index (χ4n) is 4.27. The molecule has 1 aromatic rings. The van der Waals surface area contributed by atoms with Gasteiger partial charge in [-0.15, -0.1) is 0 Å². The van der Waals surface area contributed by atoms with Crippen LogP contribution in [0.2, 0.25) is 0 Å². The van der Waals surface area contributed by atoms with Crippen molar-refractivity contribution in [3.8, 4) is 0 Å². The average molecular weight is 287 g/mol. The molecule has 2 saturated carbocycles. The number of nitrogens with one attached hydrogen (secondary N) is 1. The van der Waals surface area contributed by atoms with Crippen LogP contribution in [0, 0.1) is 24.7 Å². The van der Waals surface area contributed by atoms with E-state index in [2.05, 4.69) is 22.4 Å². The van der Waals surface area contributed by atoms with Gasteiger partial charge in [-0.25, -0.2) is 0 Å². The molecule has 0 aliphatic heterocycles. The molecular formula is C17H25N3O. The molecule has 2 aliphatic rings. The molecule has 3 rings (SSSR count). The molecular weight excluding hydrogens is 262 g/mol. The number of fused-ring (bicyclic) bond motifs is 2. The van der Waals surface area contributed by atoms with Crippen LogP contribution >= 0.6 is 0 Å². The van der Waals surface area contributed by atoms with Gasteiger partial charge in [0.1, 0.15) is 0 Å². The summed E-state index contributed by atoms with van der Waals surface area (Å²) in [6, 6.07) is 2.11.